The van der Waals surface area contributed by atoms with E-state index in [1.807, 2.05) is 7.11 Å². The molecule has 2 N–H and O–H groups in total. The summed E-state index contributed by atoms with van der Waals surface area (Å²) in [5.41, 5.74) is 5.47. The number of ether oxygens (including phenoxy) is 1. The van der Waals surface area contributed by atoms with Crippen LogP contribution in [0.3, 0.4) is 0 Å². The van der Waals surface area contributed by atoms with Crippen molar-refractivity contribution in [3.05, 3.63) is 0 Å². The molecule has 1 heterocycles. The Morgan fingerprint density at radius 2 is 1.94 bits per heavy atom. The van der Waals surface area contributed by atoms with E-state index in [1.54, 1.807) is 0 Å². The summed E-state index contributed by atoms with van der Waals surface area (Å²) in [5, 5.41) is 0. The number of methoxy groups -OCH3 is 1. The predicted octanol–water partition coefficient (Wildman–Crippen LogP) is 2.01. The molecule has 0 aromatic heterocycles. The van der Waals surface area contributed by atoms with Gasteiger partial charge in [0, 0.05) is 13.2 Å². The number of hydrogen-bond acceptors (Lipinski definition) is 3. The molecule has 0 saturated carbocycles. The van der Waals surface area contributed by atoms with Crippen molar-refractivity contribution < 1.29 is 4.74 Å². The molecule has 3 nitrogen and oxygen atoms in total. The molecule has 0 aromatic carbocycles. The number of nitrogens with zero attached hydrogens (tertiary/aromatic N) is 1. The van der Waals surface area contributed by atoms with E-state index in [4.69, 9.17) is 10.5 Å². The molecule has 1 saturated heterocycles. The monoisotopic (exact) mass is 228 g/mol. The van der Waals surface area contributed by atoms with Crippen LogP contribution in [-0.2, 0) is 4.74 Å². The number of unbranched alkanes of at least 4 members (excludes halogenated alkanes) is 4. The van der Waals surface area contributed by atoms with Crippen molar-refractivity contribution in [2.75, 3.05) is 33.4 Å². The highest BCUT2D eigenvalue weighted by atomic mass is 16.5. The Balaban J connectivity index is 1.99. The fraction of sp³-hybridized carbons (Fsp3) is 1.00. The molecule has 96 valence electrons. The highest BCUT2D eigenvalue weighted by Crippen LogP contribution is 2.18. The molecule has 1 unspecified atom stereocenters. The van der Waals surface area contributed by atoms with Gasteiger partial charge >= 0.3 is 0 Å². The predicted molar refractivity (Wildman–Crippen MR) is 68.6 cm³/mol. The zero-order valence-corrected chi connectivity index (χ0v) is 10.8. The molecule has 1 aliphatic rings. The molecule has 1 fully saturated rings. The Hall–Kier alpha value is -0.120. The number of nitrogens with two attached hydrogens (primary N) is 1. The topological polar surface area (TPSA) is 38.5 Å². The summed E-state index contributed by atoms with van der Waals surface area (Å²) in [5.74, 6) is 0. The maximum atomic E-state index is 5.47. The molecule has 0 bridgehead atoms. The maximum Gasteiger partial charge on any atom is 0.0618 e. The van der Waals surface area contributed by atoms with Crippen LogP contribution in [0.5, 0.6) is 0 Å². The molecule has 0 radical (unpaired) electrons. The Morgan fingerprint density at radius 1 is 1.19 bits per heavy atom. The van der Waals surface area contributed by atoms with Gasteiger partial charge in [0.1, 0.15) is 0 Å². The number of rotatable bonds is 9. The average Bonchev–Trinajstić information content (AvgIpc) is 2.72. The molecule has 0 aliphatic carbocycles. The molecule has 3 heteroatoms. The molecule has 1 aliphatic heterocycles. The zero-order chi connectivity index (χ0) is 11.6. The Labute approximate surface area is 100 Å². The maximum absolute atomic E-state index is 5.47. The second-order valence-electron chi connectivity index (χ2n) is 4.84. The van der Waals surface area contributed by atoms with E-state index in [0.29, 0.717) is 6.04 Å². The lowest BCUT2D eigenvalue weighted by Crippen LogP contribution is -2.33. The first-order chi connectivity index (χ1) is 7.88. The van der Waals surface area contributed by atoms with Crippen LogP contribution in [0.25, 0.3) is 0 Å². The van der Waals surface area contributed by atoms with Crippen molar-refractivity contribution in [2.45, 2.75) is 51.0 Å². The fourth-order valence-corrected chi connectivity index (χ4v) is 2.56. The smallest absolute Gasteiger partial charge is 0.0618 e. The Kier molecular flexibility index (Phi) is 7.81. The van der Waals surface area contributed by atoms with Crippen molar-refractivity contribution >= 4 is 0 Å². The quantitative estimate of drug-likeness (QED) is 0.614. The first-order valence-electron chi connectivity index (χ1n) is 6.81. The summed E-state index contributed by atoms with van der Waals surface area (Å²) in [6, 6.07) is 0.689. The van der Waals surface area contributed by atoms with Gasteiger partial charge in [-0.25, -0.2) is 0 Å². The van der Waals surface area contributed by atoms with Gasteiger partial charge in [0.05, 0.1) is 6.61 Å². The fourth-order valence-electron chi connectivity index (χ4n) is 2.56. The molecule has 0 amide bonds. The van der Waals surface area contributed by atoms with Gasteiger partial charge in [-0.15, -0.1) is 0 Å². The van der Waals surface area contributed by atoms with E-state index in [1.165, 1.54) is 58.0 Å². The van der Waals surface area contributed by atoms with Crippen LogP contribution in [0.2, 0.25) is 0 Å². The minimum Gasteiger partial charge on any atom is -0.383 e. The van der Waals surface area contributed by atoms with E-state index in [0.717, 1.165) is 13.2 Å². The Bertz CT molecular complexity index is 164. The second-order valence-corrected chi connectivity index (χ2v) is 4.84. The lowest BCUT2D eigenvalue weighted by molar-refractivity contribution is 0.114. The van der Waals surface area contributed by atoms with Crippen molar-refractivity contribution in [3.8, 4) is 0 Å². The second kappa shape index (κ2) is 8.97. The molecule has 0 spiro atoms. The SMILES string of the molecule is COCC1CCCN1CCCCCCCN. The highest BCUT2D eigenvalue weighted by molar-refractivity contribution is 4.78. The molecular formula is C13H28N2O. The standard InChI is InChI=1S/C13H28N2O/c1-16-12-13-8-7-11-15(13)10-6-4-2-3-5-9-14/h13H,2-12,14H2,1H3. The summed E-state index contributed by atoms with van der Waals surface area (Å²) in [4.78, 5) is 2.60. The first kappa shape index (κ1) is 13.9. The lowest BCUT2D eigenvalue weighted by atomic mass is 10.1. The third kappa shape index (κ3) is 5.28. The van der Waals surface area contributed by atoms with E-state index in [2.05, 4.69) is 4.90 Å². The molecule has 0 aromatic rings. The van der Waals surface area contributed by atoms with Crippen LogP contribution >= 0.6 is 0 Å². The third-order valence-electron chi connectivity index (χ3n) is 3.51. The number of hydrogen-bond donors (Lipinski definition) is 1. The average molecular weight is 228 g/mol. The van der Waals surface area contributed by atoms with E-state index >= 15 is 0 Å². The van der Waals surface area contributed by atoms with E-state index in [-0.39, 0.29) is 0 Å². The van der Waals surface area contributed by atoms with Crippen LogP contribution < -0.4 is 5.73 Å². The molecule has 1 atom stereocenters. The van der Waals surface area contributed by atoms with Gasteiger partial charge in [0.15, 0.2) is 0 Å². The van der Waals surface area contributed by atoms with Crippen molar-refractivity contribution in [3.63, 3.8) is 0 Å². The van der Waals surface area contributed by atoms with Crippen molar-refractivity contribution in [1.82, 2.24) is 4.90 Å². The van der Waals surface area contributed by atoms with Crippen molar-refractivity contribution in [2.24, 2.45) is 5.73 Å². The van der Waals surface area contributed by atoms with Crippen LogP contribution in [0.4, 0.5) is 0 Å². The summed E-state index contributed by atoms with van der Waals surface area (Å²) >= 11 is 0. The summed E-state index contributed by atoms with van der Waals surface area (Å²) in [7, 11) is 1.81. The van der Waals surface area contributed by atoms with Gasteiger partial charge in [-0.05, 0) is 45.3 Å². The van der Waals surface area contributed by atoms with Crippen LogP contribution in [-0.4, -0.2) is 44.3 Å². The van der Waals surface area contributed by atoms with E-state index < -0.39 is 0 Å². The zero-order valence-electron chi connectivity index (χ0n) is 10.8. The first-order valence-corrected chi connectivity index (χ1v) is 6.81. The van der Waals surface area contributed by atoms with Gasteiger partial charge < -0.3 is 10.5 Å². The van der Waals surface area contributed by atoms with Crippen LogP contribution in [0.1, 0.15) is 44.9 Å². The van der Waals surface area contributed by atoms with Gasteiger partial charge in [-0.2, -0.15) is 0 Å². The summed E-state index contributed by atoms with van der Waals surface area (Å²) in [6.07, 6.45) is 9.21. The normalized spacial score (nSPS) is 21.8. The summed E-state index contributed by atoms with van der Waals surface area (Å²) < 4.78 is 5.26. The third-order valence-corrected chi connectivity index (χ3v) is 3.51. The number of likely N-dealkylation sites (tertiary alicyclic amines) is 1. The van der Waals surface area contributed by atoms with Gasteiger partial charge in [0.2, 0.25) is 0 Å². The minimum absolute atomic E-state index is 0.689. The van der Waals surface area contributed by atoms with Gasteiger partial charge in [-0.1, -0.05) is 19.3 Å². The largest absolute Gasteiger partial charge is 0.383 e. The highest BCUT2D eigenvalue weighted by Gasteiger charge is 2.23. The van der Waals surface area contributed by atoms with Crippen LogP contribution in [0, 0.1) is 0 Å². The Morgan fingerprint density at radius 3 is 2.69 bits per heavy atom. The summed E-state index contributed by atoms with van der Waals surface area (Å²) in [6.45, 7) is 4.29. The van der Waals surface area contributed by atoms with Crippen molar-refractivity contribution in [1.29, 1.82) is 0 Å². The van der Waals surface area contributed by atoms with Crippen LogP contribution in [0.15, 0.2) is 0 Å². The molecular weight excluding hydrogens is 200 g/mol. The lowest BCUT2D eigenvalue weighted by Gasteiger charge is -2.23. The van der Waals surface area contributed by atoms with Gasteiger partial charge in [0.25, 0.3) is 0 Å². The molecule has 16 heavy (non-hydrogen) atoms. The minimum atomic E-state index is 0.689. The molecule has 1 rings (SSSR count). The van der Waals surface area contributed by atoms with Gasteiger partial charge in [-0.3, -0.25) is 4.90 Å². The van der Waals surface area contributed by atoms with E-state index in [9.17, 15) is 0 Å².